The molecule has 0 saturated carbocycles. The minimum Gasteiger partial charge on any atom is -0.468 e. The Balaban J connectivity index is 2.23. The standard InChI is InChI=1S/C12H17N3O2/c1-13-7-8-15-10-6-4-3-5-9(10)11(14-15)12(16)17-2/h3-6,11,13-14H,7-8H2,1-2H3. The number of fused-ring (bicyclic) bond motifs is 1. The zero-order chi connectivity index (χ0) is 12.3. The Morgan fingerprint density at radius 2 is 2.29 bits per heavy atom. The van der Waals surface area contributed by atoms with Gasteiger partial charge in [-0.2, -0.15) is 0 Å². The molecule has 1 atom stereocenters. The molecule has 2 rings (SSSR count). The normalized spacial score (nSPS) is 18.0. The predicted octanol–water partition coefficient (Wildman–Crippen LogP) is 0.445. The largest absolute Gasteiger partial charge is 0.468 e. The number of benzene rings is 1. The van der Waals surface area contributed by atoms with Crippen LogP contribution in [0.2, 0.25) is 0 Å². The predicted molar refractivity (Wildman–Crippen MR) is 65.6 cm³/mol. The summed E-state index contributed by atoms with van der Waals surface area (Å²) in [5.41, 5.74) is 5.17. The maximum atomic E-state index is 11.7. The number of para-hydroxylation sites is 1. The first-order valence-corrected chi connectivity index (χ1v) is 5.63. The van der Waals surface area contributed by atoms with Gasteiger partial charge in [-0.1, -0.05) is 18.2 Å². The molecule has 1 aromatic rings. The maximum Gasteiger partial charge on any atom is 0.329 e. The molecule has 1 unspecified atom stereocenters. The summed E-state index contributed by atoms with van der Waals surface area (Å²) in [6.07, 6.45) is 0. The highest BCUT2D eigenvalue weighted by Gasteiger charge is 2.33. The molecule has 1 aliphatic heterocycles. The van der Waals surface area contributed by atoms with Crippen LogP contribution in [0.3, 0.4) is 0 Å². The number of ether oxygens (including phenoxy) is 1. The van der Waals surface area contributed by atoms with E-state index < -0.39 is 6.04 Å². The minimum absolute atomic E-state index is 0.260. The van der Waals surface area contributed by atoms with E-state index in [0.717, 1.165) is 24.3 Å². The molecule has 0 bridgehead atoms. The molecule has 1 heterocycles. The van der Waals surface area contributed by atoms with Gasteiger partial charge in [0.05, 0.1) is 12.8 Å². The van der Waals surface area contributed by atoms with E-state index in [0.29, 0.717) is 0 Å². The van der Waals surface area contributed by atoms with E-state index in [1.165, 1.54) is 7.11 Å². The van der Waals surface area contributed by atoms with Gasteiger partial charge in [-0.25, -0.2) is 10.2 Å². The van der Waals surface area contributed by atoms with Gasteiger partial charge in [0, 0.05) is 18.7 Å². The highest BCUT2D eigenvalue weighted by Crippen LogP contribution is 2.32. The van der Waals surface area contributed by atoms with Crippen LogP contribution in [0.25, 0.3) is 0 Å². The molecule has 0 aliphatic carbocycles. The number of anilines is 1. The van der Waals surface area contributed by atoms with Crippen molar-refractivity contribution in [1.82, 2.24) is 10.7 Å². The third kappa shape index (κ3) is 2.25. The lowest BCUT2D eigenvalue weighted by molar-refractivity contribution is -0.143. The molecule has 1 aliphatic rings. The van der Waals surface area contributed by atoms with Crippen LogP contribution in [-0.2, 0) is 9.53 Å². The Hall–Kier alpha value is -1.59. The third-order valence-electron chi connectivity index (χ3n) is 2.85. The van der Waals surface area contributed by atoms with Gasteiger partial charge in [-0.05, 0) is 13.1 Å². The van der Waals surface area contributed by atoms with Crippen LogP contribution in [0, 0.1) is 0 Å². The van der Waals surface area contributed by atoms with Crippen molar-refractivity contribution in [2.45, 2.75) is 6.04 Å². The monoisotopic (exact) mass is 235 g/mol. The molecular formula is C12H17N3O2. The molecule has 5 nitrogen and oxygen atoms in total. The molecule has 5 heteroatoms. The summed E-state index contributed by atoms with van der Waals surface area (Å²) in [7, 11) is 3.31. The van der Waals surface area contributed by atoms with Crippen molar-refractivity contribution in [3.8, 4) is 0 Å². The summed E-state index contributed by atoms with van der Waals surface area (Å²) in [5.74, 6) is -0.260. The average Bonchev–Trinajstić information content (AvgIpc) is 2.74. The number of esters is 1. The molecule has 0 amide bonds. The van der Waals surface area contributed by atoms with Crippen molar-refractivity contribution < 1.29 is 9.53 Å². The van der Waals surface area contributed by atoms with Gasteiger partial charge < -0.3 is 15.1 Å². The van der Waals surface area contributed by atoms with Crippen LogP contribution in [0.5, 0.6) is 0 Å². The second kappa shape index (κ2) is 5.16. The van der Waals surface area contributed by atoms with Gasteiger partial charge in [-0.15, -0.1) is 0 Å². The zero-order valence-corrected chi connectivity index (χ0v) is 10.1. The summed E-state index contributed by atoms with van der Waals surface area (Å²) in [6.45, 7) is 1.64. The Labute approximate surface area is 101 Å². The Morgan fingerprint density at radius 1 is 1.53 bits per heavy atom. The highest BCUT2D eigenvalue weighted by atomic mass is 16.5. The lowest BCUT2D eigenvalue weighted by Crippen LogP contribution is -2.41. The maximum absolute atomic E-state index is 11.7. The number of hydrogen-bond donors (Lipinski definition) is 2. The number of carbonyl (C=O) groups is 1. The fraction of sp³-hybridized carbons (Fsp3) is 0.417. The Bertz CT molecular complexity index is 408. The van der Waals surface area contributed by atoms with E-state index in [-0.39, 0.29) is 5.97 Å². The van der Waals surface area contributed by atoms with E-state index in [4.69, 9.17) is 4.74 Å². The van der Waals surface area contributed by atoms with Gasteiger partial charge in [0.25, 0.3) is 0 Å². The Kier molecular flexibility index (Phi) is 3.61. The number of nitrogens with zero attached hydrogens (tertiary/aromatic N) is 1. The van der Waals surface area contributed by atoms with Crippen molar-refractivity contribution in [2.24, 2.45) is 0 Å². The van der Waals surface area contributed by atoms with E-state index in [1.807, 2.05) is 36.3 Å². The number of methoxy groups -OCH3 is 1. The van der Waals surface area contributed by atoms with Gasteiger partial charge in [-0.3, -0.25) is 0 Å². The number of carbonyl (C=O) groups excluding carboxylic acids is 1. The Morgan fingerprint density at radius 3 is 3.00 bits per heavy atom. The quantitative estimate of drug-likeness (QED) is 0.742. The number of hydrogen-bond acceptors (Lipinski definition) is 5. The molecule has 0 saturated heterocycles. The molecule has 1 aromatic carbocycles. The van der Waals surface area contributed by atoms with Crippen LogP contribution < -0.4 is 15.8 Å². The van der Waals surface area contributed by atoms with E-state index in [9.17, 15) is 4.79 Å². The zero-order valence-electron chi connectivity index (χ0n) is 10.1. The minimum atomic E-state index is -0.395. The van der Waals surface area contributed by atoms with Crippen molar-refractivity contribution in [1.29, 1.82) is 0 Å². The third-order valence-corrected chi connectivity index (χ3v) is 2.85. The first-order chi connectivity index (χ1) is 8.27. The fourth-order valence-corrected chi connectivity index (χ4v) is 1.98. The molecule has 2 N–H and O–H groups in total. The van der Waals surface area contributed by atoms with Crippen LogP contribution in [0.15, 0.2) is 24.3 Å². The van der Waals surface area contributed by atoms with E-state index in [2.05, 4.69) is 10.7 Å². The lowest BCUT2D eigenvalue weighted by Gasteiger charge is -2.19. The average molecular weight is 235 g/mol. The van der Waals surface area contributed by atoms with Gasteiger partial charge >= 0.3 is 5.97 Å². The van der Waals surface area contributed by atoms with Crippen molar-refractivity contribution in [3.63, 3.8) is 0 Å². The molecule has 0 spiro atoms. The molecule has 92 valence electrons. The summed E-state index contributed by atoms with van der Waals surface area (Å²) in [4.78, 5) is 11.7. The smallest absolute Gasteiger partial charge is 0.329 e. The summed E-state index contributed by atoms with van der Waals surface area (Å²) < 4.78 is 4.80. The topological polar surface area (TPSA) is 53.6 Å². The first-order valence-electron chi connectivity index (χ1n) is 5.63. The molecule has 0 radical (unpaired) electrons. The number of likely N-dealkylation sites (N-methyl/N-ethyl adjacent to an activating group) is 1. The molecule has 17 heavy (non-hydrogen) atoms. The van der Waals surface area contributed by atoms with E-state index in [1.54, 1.807) is 0 Å². The SMILES string of the molecule is CNCCN1NC(C(=O)OC)c2ccccc21. The lowest BCUT2D eigenvalue weighted by atomic mass is 10.1. The first kappa shape index (κ1) is 11.9. The van der Waals surface area contributed by atoms with Crippen molar-refractivity contribution in [2.75, 3.05) is 32.3 Å². The van der Waals surface area contributed by atoms with Crippen LogP contribution in [0.4, 0.5) is 5.69 Å². The van der Waals surface area contributed by atoms with Gasteiger partial charge in [0.1, 0.15) is 0 Å². The second-order valence-corrected chi connectivity index (χ2v) is 3.90. The van der Waals surface area contributed by atoms with Crippen molar-refractivity contribution in [3.05, 3.63) is 29.8 Å². The van der Waals surface area contributed by atoms with Crippen molar-refractivity contribution >= 4 is 11.7 Å². The molecule has 0 fully saturated rings. The number of rotatable bonds is 4. The van der Waals surface area contributed by atoms with Crippen LogP contribution >= 0.6 is 0 Å². The number of hydrazine groups is 1. The van der Waals surface area contributed by atoms with Gasteiger partial charge in [0.2, 0.25) is 0 Å². The van der Waals surface area contributed by atoms with Crippen LogP contribution in [0.1, 0.15) is 11.6 Å². The van der Waals surface area contributed by atoms with Crippen LogP contribution in [-0.4, -0.2) is 33.2 Å². The molecule has 0 aromatic heterocycles. The summed E-state index contributed by atoms with van der Waals surface area (Å²) >= 11 is 0. The number of nitrogens with one attached hydrogen (secondary N) is 2. The molecular weight excluding hydrogens is 218 g/mol. The summed E-state index contributed by atoms with van der Waals surface area (Å²) in [6, 6.07) is 7.45. The highest BCUT2D eigenvalue weighted by molar-refractivity contribution is 5.82. The van der Waals surface area contributed by atoms with Gasteiger partial charge in [0.15, 0.2) is 6.04 Å². The van der Waals surface area contributed by atoms with E-state index >= 15 is 0 Å². The second-order valence-electron chi connectivity index (χ2n) is 3.90. The summed E-state index contributed by atoms with van der Waals surface area (Å²) in [5, 5.41) is 5.07. The fourth-order valence-electron chi connectivity index (χ4n) is 1.98.